The number of ether oxygens (including phenoxy) is 2. The molecule has 1 atom stereocenters. The molecule has 0 aromatic heterocycles. The highest BCUT2D eigenvalue weighted by Crippen LogP contribution is 2.37. The van der Waals surface area contributed by atoms with Gasteiger partial charge in [-0.2, -0.15) is 0 Å². The van der Waals surface area contributed by atoms with Gasteiger partial charge >= 0.3 is 0 Å². The lowest BCUT2D eigenvalue weighted by molar-refractivity contribution is -0.176. The number of hydrogen-bond acceptors (Lipinski definition) is 3. The molecule has 1 heterocycles. The molecule has 2 aliphatic rings. The first-order valence-electron chi connectivity index (χ1n) is 5.70. The summed E-state index contributed by atoms with van der Waals surface area (Å²) in [7, 11) is 0. The van der Waals surface area contributed by atoms with E-state index in [-0.39, 0.29) is 11.7 Å². The highest BCUT2D eigenvalue weighted by Gasteiger charge is 2.42. The van der Waals surface area contributed by atoms with Crippen LogP contribution in [0.2, 0.25) is 0 Å². The Bertz CT molecular complexity index is 190. The zero-order valence-corrected chi connectivity index (χ0v) is 9.21. The summed E-state index contributed by atoms with van der Waals surface area (Å²) in [6.07, 6.45) is 4.32. The number of morpholine rings is 1. The van der Waals surface area contributed by atoms with Gasteiger partial charge in [0.1, 0.15) is 0 Å². The van der Waals surface area contributed by atoms with Crippen LogP contribution in [0.4, 0.5) is 0 Å². The predicted octanol–water partition coefficient (Wildman–Crippen LogP) is 1.32. The Hall–Kier alpha value is -0.120. The van der Waals surface area contributed by atoms with E-state index >= 15 is 0 Å². The topological polar surface area (TPSA) is 30.5 Å². The fourth-order valence-corrected chi connectivity index (χ4v) is 2.16. The van der Waals surface area contributed by atoms with E-state index in [1.165, 1.54) is 19.3 Å². The van der Waals surface area contributed by atoms with E-state index in [0.717, 1.165) is 19.7 Å². The molecule has 1 aliphatic heterocycles. The third kappa shape index (κ3) is 2.27. The fourth-order valence-electron chi connectivity index (χ4n) is 2.16. The number of nitrogens with one attached hydrogen (secondary N) is 1. The van der Waals surface area contributed by atoms with Gasteiger partial charge in [0, 0.05) is 13.1 Å². The van der Waals surface area contributed by atoms with Crippen molar-refractivity contribution in [3.05, 3.63) is 0 Å². The minimum atomic E-state index is 0.170. The maximum Gasteiger partial charge on any atom is 0.0940 e. The highest BCUT2D eigenvalue weighted by atomic mass is 16.6. The second-order valence-corrected chi connectivity index (χ2v) is 4.79. The molecule has 2 fully saturated rings. The molecule has 0 aromatic rings. The lowest BCUT2D eigenvalue weighted by Gasteiger charge is -2.47. The van der Waals surface area contributed by atoms with Gasteiger partial charge in [-0.3, -0.25) is 0 Å². The van der Waals surface area contributed by atoms with Crippen LogP contribution < -0.4 is 5.32 Å². The number of rotatable bonds is 3. The summed E-state index contributed by atoms with van der Waals surface area (Å²) in [6, 6.07) is 0. The van der Waals surface area contributed by atoms with E-state index < -0.39 is 0 Å². The van der Waals surface area contributed by atoms with Crippen molar-refractivity contribution >= 4 is 0 Å². The zero-order chi connectivity index (χ0) is 10.0. The van der Waals surface area contributed by atoms with Crippen LogP contribution in [-0.2, 0) is 9.47 Å². The summed E-state index contributed by atoms with van der Waals surface area (Å²) >= 11 is 0. The normalized spacial score (nSPS) is 30.6. The SMILES string of the molecule is CC(C)OC[C@@H]1CNCC2(CCC2)O1. The van der Waals surface area contributed by atoms with Crippen LogP contribution in [0.25, 0.3) is 0 Å². The van der Waals surface area contributed by atoms with Crippen LogP contribution in [0.1, 0.15) is 33.1 Å². The summed E-state index contributed by atoms with van der Waals surface area (Å²) in [6.45, 7) is 6.83. The smallest absolute Gasteiger partial charge is 0.0940 e. The Labute approximate surface area is 86.2 Å². The molecule has 0 unspecified atom stereocenters. The van der Waals surface area contributed by atoms with E-state index in [2.05, 4.69) is 19.2 Å². The summed E-state index contributed by atoms with van der Waals surface area (Å²) in [5.74, 6) is 0. The summed E-state index contributed by atoms with van der Waals surface area (Å²) in [5, 5.41) is 3.45. The Morgan fingerprint density at radius 2 is 2.29 bits per heavy atom. The highest BCUT2D eigenvalue weighted by molar-refractivity contribution is 4.95. The lowest BCUT2D eigenvalue weighted by Crippen LogP contribution is -2.58. The molecule has 3 heteroatoms. The number of hydrogen-bond donors (Lipinski definition) is 1. The van der Waals surface area contributed by atoms with Crippen molar-refractivity contribution in [2.24, 2.45) is 0 Å². The van der Waals surface area contributed by atoms with Crippen molar-refractivity contribution in [1.29, 1.82) is 0 Å². The van der Waals surface area contributed by atoms with E-state index in [4.69, 9.17) is 9.47 Å². The van der Waals surface area contributed by atoms with Crippen LogP contribution in [0.15, 0.2) is 0 Å². The minimum Gasteiger partial charge on any atom is -0.376 e. The van der Waals surface area contributed by atoms with Gasteiger partial charge in [0.15, 0.2) is 0 Å². The first kappa shape index (κ1) is 10.4. The van der Waals surface area contributed by atoms with E-state index in [0.29, 0.717) is 6.10 Å². The maximum atomic E-state index is 6.07. The standard InChI is InChI=1S/C11H21NO2/c1-9(2)13-7-10-6-12-8-11(14-10)4-3-5-11/h9-10,12H,3-8H2,1-2H3/t10-/m0/s1. The van der Waals surface area contributed by atoms with Crippen molar-refractivity contribution in [3.8, 4) is 0 Å². The van der Waals surface area contributed by atoms with Gasteiger partial charge in [0.05, 0.1) is 24.4 Å². The van der Waals surface area contributed by atoms with Crippen LogP contribution in [0.5, 0.6) is 0 Å². The van der Waals surface area contributed by atoms with Crippen LogP contribution in [0.3, 0.4) is 0 Å². The molecule has 0 aromatic carbocycles. The molecule has 3 nitrogen and oxygen atoms in total. The Morgan fingerprint density at radius 3 is 2.86 bits per heavy atom. The molecule has 2 rings (SSSR count). The van der Waals surface area contributed by atoms with Crippen LogP contribution in [-0.4, -0.2) is 37.5 Å². The predicted molar refractivity (Wildman–Crippen MR) is 55.4 cm³/mol. The largest absolute Gasteiger partial charge is 0.376 e. The molecule has 1 N–H and O–H groups in total. The zero-order valence-electron chi connectivity index (χ0n) is 9.21. The minimum absolute atomic E-state index is 0.170. The molecule has 0 amide bonds. The van der Waals surface area contributed by atoms with Gasteiger partial charge in [-0.05, 0) is 33.1 Å². The monoisotopic (exact) mass is 199 g/mol. The van der Waals surface area contributed by atoms with E-state index in [1.54, 1.807) is 0 Å². The second-order valence-electron chi connectivity index (χ2n) is 4.79. The average Bonchev–Trinajstić information content (AvgIpc) is 2.13. The van der Waals surface area contributed by atoms with Gasteiger partial charge in [-0.1, -0.05) is 0 Å². The van der Waals surface area contributed by atoms with Crippen molar-refractivity contribution in [2.45, 2.75) is 50.9 Å². The molecular weight excluding hydrogens is 178 g/mol. The molecule has 1 saturated heterocycles. The van der Waals surface area contributed by atoms with Crippen molar-refractivity contribution in [3.63, 3.8) is 0 Å². The third-order valence-electron chi connectivity index (χ3n) is 3.12. The lowest BCUT2D eigenvalue weighted by atomic mass is 9.79. The Kier molecular flexibility index (Phi) is 3.10. The van der Waals surface area contributed by atoms with Crippen LogP contribution in [0, 0.1) is 0 Å². The molecule has 0 radical (unpaired) electrons. The van der Waals surface area contributed by atoms with Crippen molar-refractivity contribution in [2.75, 3.05) is 19.7 Å². The second kappa shape index (κ2) is 4.17. The maximum absolute atomic E-state index is 6.07. The Balaban J connectivity index is 1.76. The molecule has 1 aliphatic carbocycles. The molecule has 0 bridgehead atoms. The molecule has 82 valence electrons. The summed E-state index contributed by atoms with van der Waals surface area (Å²) in [4.78, 5) is 0. The van der Waals surface area contributed by atoms with Gasteiger partial charge < -0.3 is 14.8 Å². The average molecular weight is 199 g/mol. The van der Waals surface area contributed by atoms with Crippen LogP contribution >= 0.6 is 0 Å². The van der Waals surface area contributed by atoms with Gasteiger partial charge in [0.2, 0.25) is 0 Å². The molecule has 1 saturated carbocycles. The summed E-state index contributed by atoms with van der Waals surface area (Å²) < 4.78 is 11.7. The molecule has 14 heavy (non-hydrogen) atoms. The summed E-state index contributed by atoms with van der Waals surface area (Å²) in [5.41, 5.74) is 0.170. The first-order valence-corrected chi connectivity index (χ1v) is 5.70. The quantitative estimate of drug-likeness (QED) is 0.743. The van der Waals surface area contributed by atoms with E-state index in [1.807, 2.05) is 0 Å². The van der Waals surface area contributed by atoms with Gasteiger partial charge in [0.25, 0.3) is 0 Å². The van der Waals surface area contributed by atoms with Crippen molar-refractivity contribution < 1.29 is 9.47 Å². The fraction of sp³-hybridized carbons (Fsp3) is 1.00. The van der Waals surface area contributed by atoms with Gasteiger partial charge in [-0.25, -0.2) is 0 Å². The van der Waals surface area contributed by atoms with E-state index in [9.17, 15) is 0 Å². The van der Waals surface area contributed by atoms with Crippen molar-refractivity contribution in [1.82, 2.24) is 5.32 Å². The molecule has 1 spiro atoms. The van der Waals surface area contributed by atoms with Gasteiger partial charge in [-0.15, -0.1) is 0 Å². The third-order valence-corrected chi connectivity index (χ3v) is 3.12. The molecular formula is C11H21NO2. The first-order chi connectivity index (χ1) is 6.70. The Morgan fingerprint density at radius 1 is 1.50 bits per heavy atom.